The van der Waals surface area contributed by atoms with Crippen molar-refractivity contribution in [2.24, 2.45) is 5.92 Å². The van der Waals surface area contributed by atoms with Crippen LogP contribution in [-0.2, 0) is 21.4 Å². The summed E-state index contributed by atoms with van der Waals surface area (Å²) in [6.45, 7) is 3.87. The van der Waals surface area contributed by atoms with Crippen LogP contribution in [0.2, 0.25) is 0 Å². The van der Waals surface area contributed by atoms with Crippen LogP contribution in [0.15, 0.2) is 46.1 Å². The van der Waals surface area contributed by atoms with Gasteiger partial charge in [-0.3, -0.25) is 14.3 Å². The van der Waals surface area contributed by atoms with E-state index in [1.165, 1.54) is 22.8 Å². The molecule has 166 valence electrons. The van der Waals surface area contributed by atoms with Gasteiger partial charge in [0.05, 0.1) is 4.90 Å². The van der Waals surface area contributed by atoms with Gasteiger partial charge in [0, 0.05) is 18.0 Å². The van der Waals surface area contributed by atoms with Crippen molar-refractivity contribution in [1.82, 2.24) is 9.88 Å². The van der Waals surface area contributed by atoms with Gasteiger partial charge in [0.15, 0.2) is 0 Å². The van der Waals surface area contributed by atoms with Crippen LogP contribution in [0.25, 0.3) is 0 Å². The lowest BCUT2D eigenvalue weighted by atomic mass is 9.88. The van der Waals surface area contributed by atoms with Gasteiger partial charge in [-0.05, 0) is 69.7 Å². The molecule has 0 radical (unpaired) electrons. The Labute approximate surface area is 182 Å². The zero-order valence-electron chi connectivity index (χ0n) is 17.8. The van der Waals surface area contributed by atoms with Crippen molar-refractivity contribution in [2.45, 2.75) is 51.0 Å². The Hall–Kier alpha value is -2.94. The van der Waals surface area contributed by atoms with Gasteiger partial charge in [-0.25, -0.2) is 8.42 Å². The van der Waals surface area contributed by atoms with Crippen molar-refractivity contribution in [1.29, 1.82) is 5.41 Å². The molecule has 0 atom stereocenters. The minimum Gasteiger partial charge on any atom is -0.354 e. The first-order valence-electron chi connectivity index (χ1n) is 10.3. The first kappa shape index (κ1) is 22.7. The first-order valence-corrected chi connectivity index (χ1v) is 11.8. The maximum atomic E-state index is 12.9. The summed E-state index contributed by atoms with van der Waals surface area (Å²) < 4.78 is 28.9. The Kier molecular flexibility index (Phi) is 6.94. The maximum Gasteiger partial charge on any atom is 0.275 e. The van der Waals surface area contributed by atoms with Crippen molar-refractivity contribution >= 4 is 27.3 Å². The number of pyridine rings is 1. The van der Waals surface area contributed by atoms with E-state index in [9.17, 15) is 18.0 Å². The molecule has 1 fully saturated rings. The van der Waals surface area contributed by atoms with E-state index in [1.807, 2.05) is 6.92 Å². The second-order valence-corrected chi connectivity index (χ2v) is 9.73. The molecule has 8 nitrogen and oxygen atoms in total. The molecule has 0 bridgehead atoms. The number of nitrogens with one attached hydrogen (secondary N) is 3. The van der Waals surface area contributed by atoms with Crippen molar-refractivity contribution in [2.75, 3.05) is 11.3 Å². The van der Waals surface area contributed by atoms with Crippen LogP contribution >= 0.6 is 0 Å². The number of carbonyl (C=O) groups excluding carboxylic acids is 1. The molecule has 1 aliphatic carbocycles. The lowest BCUT2D eigenvalue weighted by Gasteiger charge is -2.22. The summed E-state index contributed by atoms with van der Waals surface area (Å²) in [5, 5.41) is 10.5. The Bertz CT molecular complexity index is 1130. The largest absolute Gasteiger partial charge is 0.354 e. The standard InChI is InChI=1S/C22H28N4O4S/c1-15-3-10-19(11-4-15)31(29,30)25-20-12-5-16(2)26(22(20)28)14-21(27)24-13-17-6-8-18(23)9-7-17/h3-5,10-12,17,23,25H,6-9,13-14H2,1-2H3,(H,24,27). The van der Waals surface area contributed by atoms with E-state index in [4.69, 9.17) is 5.41 Å². The molecule has 3 rings (SSSR count). The quantitative estimate of drug-likeness (QED) is 0.608. The highest BCUT2D eigenvalue weighted by Crippen LogP contribution is 2.20. The summed E-state index contributed by atoms with van der Waals surface area (Å²) in [5.74, 6) is 0.0351. The highest BCUT2D eigenvalue weighted by atomic mass is 32.2. The van der Waals surface area contributed by atoms with E-state index in [0.29, 0.717) is 18.2 Å². The Morgan fingerprint density at radius 2 is 1.74 bits per heavy atom. The molecule has 0 aliphatic heterocycles. The molecular weight excluding hydrogens is 416 g/mol. The van der Waals surface area contributed by atoms with Gasteiger partial charge >= 0.3 is 0 Å². The third-order valence-corrected chi connectivity index (χ3v) is 6.95. The lowest BCUT2D eigenvalue weighted by Crippen LogP contribution is -2.37. The number of sulfonamides is 1. The molecule has 0 unspecified atom stereocenters. The number of aryl methyl sites for hydroxylation is 2. The van der Waals surface area contributed by atoms with E-state index in [1.54, 1.807) is 25.1 Å². The fourth-order valence-corrected chi connectivity index (χ4v) is 4.61. The third kappa shape index (κ3) is 5.81. The molecule has 0 spiro atoms. The number of rotatable bonds is 7. The van der Waals surface area contributed by atoms with Gasteiger partial charge in [0.2, 0.25) is 5.91 Å². The summed E-state index contributed by atoms with van der Waals surface area (Å²) in [6.07, 6.45) is 3.30. The highest BCUT2D eigenvalue weighted by molar-refractivity contribution is 7.92. The number of benzene rings is 1. The van der Waals surface area contributed by atoms with Gasteiger partial charge in [0.1, 0.15) is 12.2 Å². The molecule has 1 heterocycles. The Balaban J connectivity index is 1.70. The van der Waals surface area contributed by atoms with Crippen LogP contribution in [0.5, 0.6) is 0 Å². The molecule has 3 N–H and O–H groups in total. The van der Waals surface area contributed by atoms with E-state index in [2.05, 4.69) is 10.0 Å². The van der Waals surface area contributed by atoms with E-state index in [-0.39, 0.29) is 23.0 Å². The van der Waals surface area contributed by atoms with E-state index >= 15 is 0 Å². The fraction of sp³-hybridized carbons (Fsp3) is 0.409. The summed E-state index contributed by atoms with van der Waals surface area (Å²) in [7, 11) is -3.92. The summed E-state index contributed by atoms with van der Waals surface area (Å²) >= 11 is 0. The molecule has 1 aromatic carbocycles. The lowest BCUT2D eigenvalue weighted by molar-refractivity contribution is -0.121. The van der Waals surface area contributed by atoms with Gasteiger partial charge in [-0.1, -0.05) is 17.7 Å². The summed E-state index contributed by atoms with van der Waals surface area (Å²) in [6, 6.07) is 9.33. The number of amides is 1. The number of carbonyl (C=O) groups is 1. The van der Waals surface area contributed by atoms with Crippen LogP contribution in [0.4, 0.5) is 5.69 Å². The predicted octanol–water partition coefficient (Wildman–Crippen LogP) is 2.59. The average molecular weight is 445 g/mol. The second kappa shape index (κ2) is 9.47. The fourth-order valence-electron chi connectivity index (χ4n) is 3.55. The number of hydrogen-bond acceptors (Lipinski definition) is 5. The zero-order chi connectivity index (χ0) is 22.6. The number of aromatic nitrogens is 1. The van der Waals surface area contributed by atoms with Crippen LogP contribution in [0.1, 0.15) is 36.9 Å². The molecular formula is C22H28N4O4S. The van der Waals surface area contributed by atoms with Crippen molar-refractivity contribution in [3.63, 3.8) is 0 Å². The van der Waals surface area contributed by atoms with Crippen LogP contribution in [-0.4, -0.2) is 31.1 Å². The maximum absolute atomic E-state index is 12.9. The molecule has 1 saturated carbocycles. The SMILES string of the molecule is Cc1ccc(S(=O)(=O)Nc2ccc(C)n(CC(=O)NCC3CCC(=N)CC3)c2=O)cc1. The molecule has 1 aliphatic rings. The molecule has 0 saturated heterocycles. The number of anilines is 1. The van der Waals surface area contributed by atoms with Crippen molar-refractivity contribution in [3.8, 4) is 0 Å². The number of hydrogen-bond donors (Lipinski definition) is 3. The molecule has 2 aromatic rings. The summed E-state index contributed by atoms with van der Waals surface area (Å²) in [5.41, 5.74) is 1.56. The minimum absolute atomic E-state index is 0.0583. The first-order chi connectivity index (χ1) is 14.7. The van der Waals surface area contributed by atoms with Crippen LogP contribution < -0.4 is 15.6 Å². The van der Waals surface area contributed by atoms with Gasteiger partial charge < -0.3 is 15.3 Å². The monoisotopic (exact) mass is 444 g/mol. The minimum atomic E-state index is -3.92. The second-order valence-electron chi connectivity index (χ2n) is 8.05. The summed E-state index contributed by atoms with van der Waals surface area (Å²) in [4.78, 5) is 25.3. The Morgan fingerprint density at radius 3 is 2.39 bits per heavy atom. The highest BCUT2D eigenvalue weighted by Gasteiger charge is 2.19. The zero-order valence-corrected chi connectivity index (χ0v) is 18.6. The van der Waals surface area contributed by atoms with Crippen molar-refractivity contribution in [3.05, 3.63) is 58.0 Å². The van der Waals surface area contributed by atoms with Crippen LogP contribution in [0.3, 0.4) is 0 Å². The smallest absolute Gasteiger partial charge is 0.275 e. The molecule has 1 aromatic heterocycles. The van der Waals surface area contributed by atoms with Gasteiger partial charge in [-0.2, -0.15) is 0 Å². The topological polar surface area (TPSA) is 121 Å². The van der Waals surface area contributed by atoms with E-state index < -0.39 is 15.6 Å². The predicted molar refractivity (Wildman–Crippen MR) is 120 cm³/mol. The Morgan fingerprint density at radius 1 is 1.10 bits per heavy atom. The molecule has 1 amide bonds. The molecule has 31 heavy (non-hydrogen) atoms. The van der Waals surface area contributed by atoms with Gasteiger partial charge in [0.25, 0.3) is 15.6 Å². The molecule has 9 heteroatoms. The third-order valence-electron chi connectivity index (χ3n) is 5.57. The van der Waals surface area contributed by atoms with Crippen molar-refractivity contribution < 1.29 is 13.2 Å². The number of nitrogens with zero attached hydrogens (tertiary/aromatic N) is 1. The van der Waals surface area contributed by atoms with Gasteiger partial charge in [-0.15, -0.1) is 0 Å². The normalized spacial score (nSPS) is 16.7. The van der Waals surface area contributed by atoms with E-state index in [0.717, 1.165) is 37.0 Å². The van der Waals surface area contributed by atoms with Crippen LogP contribution in [0, 0.1) is 25.2 Å². The average Bonchev–Trinajstić information content (AvgIpc) is 2.73.